The van der Waals surface area contributed by atoms with Crippen molar-refractivity contribution in [2.75, 3.05) is 37.7 Å². The van der Waals surface area contributed by atoms with Crippen molar-refractivity contribution in [3.63, 3.8) is 0 Å². The fourth-order valence-electron chi connectivity index (χ4n) is 5.22. The zero-order valence-electron chi connectivity index (χ0n) is 16.5. The fourth-order valence-corrected chi connectivity index (χ4v) is 5.22. The first-order chi connectivity index (χ1) is 13.7. The number of aromatic nitrogens is 2. The number of anilines is 1. The van der Waals surface area contributed by atoms with Crippen LogP contribution in [0.3, 0.4) is 0 Å². The Hall–Kier alpha value is -2.08. The van der Waals surface area contributed by atoms with E-state index in [0.29, 0.717) is 18.9 Å². The minimum atomic E-state index is 0.107. The SMILES string of the molecule is O=C1CCC2(CCCN(c3nc4ccccc4n3CCO)C2)CN1CC1CC1. The van der Waals surface area contributed by atoms with Gasteiger partial charge in [-0.05, 0) is 50.2 Å². The van der Waals surface area contributed by atoms with Gasteiger partial charge in [-0.15, -0.1) is 0 Å². The fraction of sp³-hybridized carbons (Fsp3) is 0.636. The standard InChI is InChI=1S/C22H30N4O2/c27-13-12-26-19-5-2-1-4-18(19)23-21(26)24-11-3-9-22(15-24)10-8-20(28)25(16-22)14-17-6-7-17/h1-2,4-5,17,27H,3,6-16H2. The highest BCUT2D eigenvalue weighted by Gasteiger charge is 2.43. The van der Waals surface area contributed by atoms with Crippen LogP contribution in [0.5, 0.6) is 0 Å². The molecule has 2 aliphatic heterocycles. The lowest BCUT2D eigenvalue weighted by Gasteiger charge is -2.48. The topological polar surface area (TPSA) is 61.6 Å². The largest absolute Gasteiger partial charge is 0.395 e. The van der Waals surface area contributed by atoms with E-state index in [0.717, 1.165) is 61.9 Å². The van der Waals surface area contributed by atoms with E-state index in [-0.39, 0.29) is 12.0 Å². The zero-order chi connectivity index (χ0) is 19.1. The summed E-state index contributed by atoms with van der Waals surface area (Å²) < 4.78 is 2.16. The molecular formula is C22H30N4O2. The molecule has 1 aromatic carbocycles. The smallest absolute Gasteiger partial charge is 0.222 e. The molecule has 1 aromatic heterocycles. The molecule has 6 heteroatoms. The molecule has 1 spiro atoms. The lowest BCUT2D eigenvalue weighted by molar-refractivity contribution is -0.138. The third kappa shape index (κ3) is 3.28. The number of aliphatic hydroxyl groups excluding tert-OH is 1. The predicted molar refractivity (Wildman–Crippen MR) is 109 cm³/mol. The van der Waals surface area contributed by atoms with Crippen molar-refractivity contribution < 1.29 is 9.90 Å². The van der Waals surface area contributed by atoms with Crippen molar-refractivity contribution in [3.05, 3.63) is 24.3 Å². The molecule has 1 saturated carbocycles. The number of benzene rings is 1. The molecule has 1 unspecified atom stereocenters. The molecule has 6 nitrogen and oxygen atoms in total. The quantitative estimate of drug-likeness (QED) is 0.864. The maximum atomic E-state index is 12.5. The average Bonchev–Trinajstić information content (AvgIpc) is 3.45. The van der Waals surface area contributed by atoms with Crippen molar-refractivity contribution in [2.24, 2.45) is 11.3 Å². The Morgan fingerprint density at radius 2 is 2.04 bits per heavy atom. The molecule has 5 rings (SSSR count). The highest BCUT2D eigenvalue weighted by Crippen LogP contribution is 2.42. The number of aliphatic hydroxyl groups is 1. The van der Waals surface area contributed by atoms with Crippen LogP contribution in [-0.4, -0.2) is 58.3 Å². The Labute approximate surface area is 166 Å². The summed E-state index contributed by atoms with van der Waals surface area (Å²) in [5, 5.41) is 9.60. The number of amides is 1. The van der Waals surface area contributed by atoms with Crippen molar-refractivity contribution in [1.29, 1.82) is 0 Å². The van der Waals surface area contributed by atoms with Crippen LogP contribution in [-0.2, 0) is 11.3 Å². The third-order valence-corrected chi connectivity index (χ3v) is 6.83. The summed E-state index contributed by atoms with van der Waals surface area (Å²) in [5.41, 5.74) is 2.25. The first kappa shape index (κ1) is 18.0. The van der Waals surface area contributed by atoms with E-state index in [1.54, 1.807) is 0 Å². The second kappa shape index (κ2) is 7.07. The third-order valence-electron chi connectivity index (χ3n) is 6.83. The number of imidazole rings is 1. The minimum Gasteiger partial charge on any atom is -0.395 e. The van der Waals surface area contributed by atoms with E-state index in [9.17, 15) is 9.90 Å². The molecule has 3 aliphatic rings. The number of para-hydroxylation sites is 2. The Bertz CT molecular complexity index is 875. The minimum absolute atomic E-state index is 0.107. The first-order valence-electron chi connectivity index (χ1n) is 10.8. The Kier molecular flexibility index (Phi) is 4.54. The first-order valence-corrected chi connectivity index (χ1v) is 10.8. The summed E-state index contributed by atoms with van der Waals surface area (Å²) >= 11 is 0. The molecule has 28 heavy (non-hydrogen) atoms. The van der Waals surface area contributed by atoms with Gasteiger partial charge in [-0.1, -0.05) is 12.1 Å². The summed E-state index contributed by atoms with van der Waals surface area (Å²) in [7, 11) is 0. The molecule has 1 N–H and O–H groups in total. The molecule has 3 fully saturated rings. The molecule has 0 radical (unpaired) electrons. The van der Waals surface area contributed by atoms with Crippen LogP contribution in [0.25, 0.3) is 11.0 Å². The Morgan fingerprint density at radius 1 is 1.18 bits per heavy atom. The number of nitrogens with zero attached hydrogens (tertiary/aromatic N) is 4. The van der Waals surface area contributed by atoms with E-state index in [2.05, 4.69) is 20.4 Å². The second-order valence-electron chi connectivity index (χ2n) is 9.02. The number of fused-ring (bicyclic) bond motifs is 1. The van der Waals surface area contributed by atoms with Gasteiger partial charge in [0.25, 0.3) is 0 Å². The highest BCUT2D eigenvalue weighted by atomic mass is 16.3. The molecule has 2 saturated heterocycles. The molecule has 1 atom stereocenters. The van der Waals surface area contributed by atoms with E-state index in [1.807, 2.05) is 18.2 Å². The van der Waals surface area contributed by atoms with Crippen molar-refractivity contribution in [2.45, 2.75) is 45.1 Å². The van der Waals surface area contributed by atoms with Crippen molar-refractivity contribution >= 4 is 22.9 Å². The summed E-state index contributed by atoms with van der Waals surface area (Å²) in [6.45, 7) is 4.48. The summed E-state index contributed by atoms with van der Waals surface area (Å²) in [4.78, 5) is 21.9. The predicted octanol–water partition coefficient (Wildman–Crippen LogP) is 2.65. The Morgan fingerprint density at radius 3 is 2.86 bits per heavy atom. The monoisotopic (exact) mass is 382 g/mol. The van der Waals surface area contributed by atoms with E-state index < -0.39 is 0 Å². The summed E-state index contributed by atoms with van der Waals surface area (Å²) in [6, 6.07) is 8.17. The maximum absolute atomic E-state index is 12.5. The van der Waals surface area contributed by atoms with Gasteiger partial charge in [-0.2, -0.15) is 0 Å². The van der Waals surface area contributed by atoms with E-state index >= 15 is 0 Å². The van der Waals surface area contributed by atoms with Gasteiger partial charge in [0.05, 0.1) is 17.6 Å². The van der Waals surface area contributed by atoms with Gasteiger partial charge in [-0.3, -0.25) is 4.79 Å². The zero-order valence-corrected chi connectivity index (χ0v) is 16.5. The maximum Gasteiger partial charge on any atom is 0.222 e. The molecular weight excluding hydrogens is 352 g/mol. The number of hydrogen-bond acceptors (Lipinski definition) is 4. The van der Waals surface area contributed by atoms with E-state index in [1.165, 1.54) is 19.3 Å². The van der Waals surface area contributed by atoms with Crippen LogP contribution in [0.15, 0.2) is 24.3 Å². The van der Waals surface area contributed by atoms with Gasteiger partial charge in [0.1, 0.15) is 0 Å². The van der Waals surface area contributed by atoms with Crippen LogP contribution >= 0.6 is 0 Å². The van der Waals surface area contributed by atoms with Crippen LogP contribution in [0.4, 0.5) is 5.95 Å². The second-order valence-corrected chi connectivity index (χ2v) is 9.02. The average molecular weight is 383 g/mol. The van der Waals surface area contributed by atoms with Gasteiger partial charge in [-0.25, -0.2) is 4.98 Å². The van der Waals surface area contributed by atoms with Crippen LogP contribution in [0.2, 0.25) is 0 Å². The van der Waals surface area contributed by atoms with Crippen LogP contribution < -0.4 is 4.90 Å². The molecule has 1 aliphatic carbocycles. The number of carbonyl (C=O) groups is 1. The van der Waals surface area contributed by atoms with Crippen molar-refractivity contribution in [1.82, 2.24) is 14.5 Å². The normalized spacial score (nSPS) is 25.8. The van der Waals surface area contributed by atoms with Crippen molar-refractivity contribution in [3.8, 4) is 0 Å². The lowest BCUT2D eigenvalue weighted by Crippen LogP contribution is -2.54. The highest BCUT2D eigenvalue weighted by molar-refractivity contribution is 5.79. The molecule has 150 valence electrons. The summed E-state index contributed by atoms with van der Waals surface area (Å²) in [6.07, 6.45) is 6.57. The Balaban J connectivity index is 1.42. The molecule has 0 bridgehead atoms. The number of likely N-dealkylation sites (tertiary alicyclic amines) is 1. The number of hydrogen-bond donors (Lipinski definition) is 1. The van der Waals surface area contributed by atoms with Crippen LogP contribution in [0.1, 0.15) is 38.5 Å². The number of rotatable bonds is 5. The molecule has 3 heterocycles. The van der Waals surface area contributed by atoms with Gasteiger partial charge >= 0.3 is 0 Å². The number of carbonyl (C=O) groups excluding carboxylic acids is 1. The van der Waals surface area contributed by atoms with Gasteiger partial charge in [0.2, 0.25) is 11.9 Å². The van der Waals surface area contributed by atoms with Gasteiger partial charge < -0.3 is 19.5 Å². The number of piperidine rings is 2. The van der Waals surface area contributed by atoms with Crippen LogP contribution in [0, 0.1) is 11.3 Å². The lowest BCUT2D eigenvalue weighted by atomic mass is 9.73. The summed E-state index contributed by atoms with van der Waals surface area (Å²) in [5.74, 6) is 2.06. The van der Waals surface area contributed by atoms with E-state index in [4.69, 9.17) is 4.98 Å². The molecule has 1 amide bonds. The van der Waals surface area contributed by atoms with Gasteiger partial charge in [0, 0.05) is 44.6 Å². The van der Waals surface area contributed by atoms with Gasteiger partial charge in [0.15, 0.2) is 0 Å². The molecule has 2 aromatic rings.